The molecule has 1 aliphatic rings. The fraction of sp³-hybridized carbons (Fsp3) is 0.714. The van der Waals surface area contributed by atoms with Gasteiger partial charge in [0.15, 0.2) is 5.79 Å². The minimum absolute atomic E-state index is 0.0277. The van der Waals surface area contributed by atoms with Gasteiger partial charge in [0.1, 0.15) is 6.61 Å². The summed E-state index contributed by atoms with van der Waals surface area (Å²) in [6, 6.07) is 0. The van der Waals surface area contributed by atoms with Gasteiger partial charge >= 0.3 is 12.0 Å². The third-order valence-corrected chi connectivity index (χ3v) is 1.70. The second-order valence-corrected chi connectivity index (χ2v) is 3.07. The Morgan fingerprint density at radius 2 is 1.87 bits per heavy atom. The summed E-state index contributed by atoms with van der Waals surface area (Å²) < 4.78 is 80.7. The normalized spacial score (nSPS) is 36.7. The zero-order valence-corrected chi connectivity index (χ0v) is 7.37. The van der Waals surface area contributed by atoms with Crippen LogP contribution in [-0.4, -0.2) is 24.4 Å². The minimum atomic E-state index is -5.33. The predicted molar refractivity (Wildman–Crippen MR) is 35.6 cm³/mol. The lowest BCUT2D eigenvalue weighted by Crippen LogP contribution is -2.44. The lowest BCUT2D eigenvalue weighted by atomic mass is 10.3. The molecule has 1 rings (SSSR count). The third-order valence-electron chi connectivity index (χ3n) is 1.70. The summed E-state index contributed by atoms with van der Waals surface area (Å²) in [7, 11) is 0. The molecule has 88 valence electrons. The molecule has 0 radical (unpaired) electrons. The number of ether oxygens (including phenoxy) is 2. The summed E-state index contributed by atoms with van der Waals surface area (Å²) in [5.74, 6) is -6.45. The average Bonchev–Trinajstić information content (AvgIpc) is 2.24. The van der Waals surface area contributed by atoms with Crippen LogP contribution < -0.4 is 0 Å². The molecule has 0 aromatic heterocycles. The molecule has 1 heterocycles. The Hall–Kier alpha value is -0.760. The summed E-state index contributed by atoms with van der Waals surface area (Å²) in [5.41, 5.74) is 0. The minimum Gasteiger partial charge on any atom is -0.340 e. The van der Waals surface area contributed by atoms with Gasteiger partial charge in [0.2, 0.25) is 0 Å². The molecule has 15 heavy (non-hydrogen) atoms. The van der Waals surface area contributed by atoms with Gasteiger partial charge in [0.05, 0.1) is 0 Å². The van der Waals surface area contributed by atoms with Crippen LogP contribution in [0.15, 0.2) is 12.2 Å². The molecule has 1 fully saturated rings. The lowest BCUT2D eigenvalue weighted by Gasteiger charge is -2.23. The number of hydrogen-bond donors (Lipinski definition) is 0. The van der Waals surface area contributed by atoms with Crippen LogP contribution >= 0.6 is 0 Å². The molecule has 2 atom stereocenters. The van der Waals surface area contributed by atoms with Crippen molar-refractivity contribution < 1.29 is 35.8 Å². The predicted octanol–water partition coefficient (Wildman–Crippen LogP) is 2.76. The van der Waals surface area contributed by atoms with Crippen LogP contribution in [0.1, 0.15) is 6.92 Å². The molecular weight excluding hydrogens is 230 g/mol. The van der Waals surface area contributed by atoms with Gasteiger partial charge < -0.3 is 9.47 Å². The molecule has 0 spiro atoms. The highest BCUT2D eigenvalue weighted by atomic mass is 19.4. The highest BCUT2D eigenvalue weighted by Gasteiger charge is 2.65. The van der Waals surface area contributed by atoms with Crippen LogP contribution in [0.4, 0.5) is 26.3 Å². The van der Waals surface area contributed by atoms with Crippen molar-refractivity contribution in [2.24, 2.45) is 0 Å². The van der Waals surface area contributed by atoms with E-state index in [4.69, 9.17) is 0 Å². The van der Waals surface area contributed by atoms with E-state index >= 15 is 0 Å². The van der Waals surface area contributed by atoms with Crippen LogP contribution in [-0.2, 0) is 9.47 Å². The number of rotatable bonds is 1. The summed E-state index contributed by atoms with van der Waals surface area (Å²) in [6.07, 6.45) is -7.67. The smallest absolute Gasteiger partial charge is 0.340 e. The van der Waals surface area contributed by atoms with Crippen LogP contribution in [0.5, 0.6) is 0 Å². The zero-order chi connectivity index (χ0) is 11.9. The van der Waals surface area contributed by atoms with Gasteiger partial charge in [-0.05, 0) is 6.92 Å². The first-order chi connectivity index (χ1) is 6.58. The van der Waals surface area contributed by atoms with Crippen LogP contribution in [0.25, 0.3) is 0 Å². The average molecular weight is 236 g/mol. The molecule has 8 heteroatoms. The molecule has 2 nitrogen and oxygen atoms in total. The summed E-state index contributed by atoms with van der Waals surface area (Å²) in [5, 5.41) is 0. The monoisotopic (exact) mass is 236 g/mol. The molecule has 0 saturated carbocycles. The standard InChI is InChI=1S/C7H6F6O2/c1-5(2-4(8)9)14-3-6(10,15-5)7(11,12)13/h2H,3H2,1H3. The third kappa shape index (κ3) is 2.43. The Kier molecular flexibility index (Phi) is 2.77. The van der Waals surface area contributed by atoms with Crippen molar-refractivity contribution in [2.75, 3.05) is 6.61 Å². The number of halogens is 6. The van der Waals surface area contributed by atoms with E-state index in [1.807, 2.05) is 0 Å². The Morgan fingerprint density at radius 3 is 2.20 bits per heavy atom. The first-order valence-corrected chi connectivity index (χ1v) is 3.72. The van der Waals surface area contributed by atoms with E-state index in [0.717, 1.165) is 6.92 Å². The topological polar surface area (TPSA) is 18.5 Å². The van der Waals surface area contributed by atoms with Gasteiger partial charge in [-0.15, -0.1) is 0 Å². The highest BCUT2D eigenvalue weighted by molar-refractivity contribution is 5.00. The molecular formula is C7H6F6O2. The van der Waals surface area contributed by atoms with Crippen molar-refractivity contribution >= 4 is 0 Å². The first-order valence-electron chi connectivity index (χ1n) is 3.72. The molecule has 0 amide bonds. The molecule has 0 N–H and O–H groups in total. The van der Waals surface area contributed by atoms with E-state index in [9.17, 15) is 26.3 Å². The van der Waals surface area contributed by atoms with E-state index in [1.54, 1.807) is 0 Å². The van der Waals surface area contributed by atoms with Crippen molar-refractivity contribution in [2.45, 2.75) is 24.7 Å². The van der Waals surface area contributed by atoms with Crippen molar-refractivity contribution in [3.63, 3.8) is 0 Å². The van der Waals surface area contributed by atoms with Crippen LogP contribution in [0, 0.1) is 0 Å². The van der Waals surface area contributed by atoms with E-state index in [1.165, 1.54) is 0 Å². The molecule has 1 aliphatic heterocycles. The van der Waals surface area contributed by atoms with Crippen LogP contribution in [0.3, 0.4) is 0 Å². The molecule has 0 aromatic rings. The van der Waals surface area contributed by atoms with Gasteiger partial charge in [-0.3, -0.25) is 0 Å². The quantitative estimate of drug-likeness (QED) is 0.651. The molecule has 0 aromatic carbocycles. The molecule has 0 bridgehead atoms. The van der Waals surface area contributed by atoms with Crippen molar-refractivity contribution in [1.82, 2.24) is 0 Å². The second kappa shape index (κ2) is 3.38. The van der Waals surface area contributed by atoms with E-state index < -0.39 is 30.5 Å². The van der Waals surface area contributed by atoms with Crippen molar-refractivity contribution in [1.29, 1.82) is 0 Å². The zero-order valence-electron chi connectivity index (χ0n) is 7.37. The van der Waals surface area contributed by atoms with Crippen molar-refractivity contribution in [3.05, 3.63) is 12.2 Å². The molecule has 1 saturated heterocycles. The Balaban J connectivity index is 2.87. The van der Waals surface area contributed by atoms with E-state index in [0.29, 0.717) is 0 Å². The second-order valence-electron chi connectivity index (χ2n) is 3.07. The molecule has 0 aliphatic carbocycles. The maximum absolute atomic E-state index is 13.0. The highest BCUT2D eigenvalue weighted by Crippen LogP contribution is 2.44. The van der Waals surface area contributed by atoms with Gasteiger partial charge in [-0.1, -0.05) is 0 Å². The van der Waals surface area contributed by atoms with E-state index in [2.05, 4.69) is 9.47 Å². The van der Waals surface area contributed by atoms with Crippen molar-refractivity contribution in [3.8, 4) is 0 Å². The lowest BCUT2D eigenvalue weighted by molar-refractivity contribution is -0.328. The summed E-state index contributed by atoms with van der Waals surface area (Å²) >= 11 is 0. The Labute approximate surface area is 80.5 Å². The maximum atomic E-state index is 13.0. The summed E-state index contributed by atoms with van der Waals surface area (Å²) in [6.45, 7) is -0.712. The van der Waals surface area contributed by atoms with E-state index in [-0.39, 0.29) is 6.08 Å². The van der Waals surface area contributed by atoms with Gasteiger partial charge in [0.25, 0.3) is 6.08 Å². The summed E-state index contributed by atoms with van der Waals surface area (Å²) in [4.78, 5) is 0. The van der Waals surface area contributed by atoms with Gasteiger partial charge in [-0.2, -0.15) is 26.3 Å². The van der Waals surface area contributed by atoms with Gasteiger partial charge in [-0.25, -0.2) is 0 Å². The number of hydrogen-bond acceptors (Lipinski definition) is 2. The first kappa shape index (κ1) is 12.3. The Bertz CT molecular complexity index is 284. The Morgan fingerprint density at radius 1 is 1.33 bits per heavy atom. The largest absolute Gasteiger partial charge is 0.450 e. The fourth-order valence-electron chi connectivity index (χ4n) is 1.03. The number of alkyl halides is 4. The maximum Gasteiger partial charge on any atom is 0.450 e. The van der Waals surface area contributed by atoms with Crippen LogP contribution in [0.2, 0.25) is 0 Å². The van der Waals surface area contributed by atoms with Gasteiger partial charge in [0, 0.05) is 6.08 Å². The fourth-order valence-corrected chi connectivity index (χ4v) is 1.03. The SMILES string of the molecule is CC1(C=C(F)F)OCC(F)(C(F)(F)F)O1. The molecule has 2 unspecified atom stereocenters.